The molecule has 1 N–H and O–H groups in total. The first-order chi connectivity index (χ1) is 8.74. The summed E-state index contributed by atoms with van der Waals surface area (Å²) in [5, 5.41) is 3.39. The SMILES string of the molecule is CSCCCCCCNC(=O)c1cc(Cl)ccn1. The predicted molar refractivity (Wildman–Crippen MR) is 78.4 cm³/mol. The monoisotopic (exact) mass is 286 g/mol. The molecule has 0 saturated heterocycles. The lowest BCUT2D eigenvalue weighted by Crippen LogP contribution is -2.25. The van der Waals surface area contributed by atoms with Gasteiger partial charge in [-0.3, -0.25) is 9.78 Å². The molecule has 0 radical (unpaired) electrons. The molecular formula is C13H19ClN2OS. The zero-order chi connectivity index (χ0) is 13.2. The molecule has 0 fully saturated rings. The van der Waals surface area contributed by atoms with Gasteiger partial charge in [0, 0.05) is 17.8 Å². The van der Waals surface area contributed by atoms with Crippen molar-refractivity contribution >= 4 is 29.3 Å². The number of unbranched alkanes of at least 4 members (excludes halogenated alkanes) is 3. The van der Waals surface area contributed by atoms with E-state index in [1.807, 2.05) is 11.8 Å². The van der Waals surface area contributed by atoms with Gasteiger partial charge in [-0.2, -0.15) is 11.8 Å². The number of nitrogens with zero attached hydrogens (tertiary/aromatic N) is 1. The summed E-state index contributed by atoms with van der Waals surface area (Å²) in [5.41, 5.74) is 0.380. The number of halogens is 1. The lowest BCUT2D eigenvalue weighted by molar-refractivity contribution is 0.0948. The number of pyridine rings is 1. The molecule has 0 aliphatic heterocycles. The van der Waals surface area contributed by atoms with Crippen molar-refractivity contribution in [3.8, 4) is 0 Å². The quantitative estimate of drug-likeness (QED) is 0.745. The van der Waals surface area contributed by atoms with Crippen molar-refractivity contribution in [2.45, 2.75) is 25.7 Å². The van der Waals surface area contributed by atoms with Crippen LogP contribution in [0.3, 0.4) is 0 Å². The molecule has 0 aromatic carbocycles. The fraction of sp³-hybridized carbons (Fsp3) is 0.538. The summed E-state index contributed by atoms with van der Waals surface area (Å²) in [6.07, 6.45) is 8.32. The van der Waals surface area contributed by atoms with Gasteiger partial charge in [-0.05, 0) is 37.0 Å². The Balaban J connectivity index is 2.14. The standard InChI is InChI=1S/C13H19ClN2OS/c1-18-9-5-3-2-4-7-16-13(17)12-10-11(14)6-8-15-12/h6,8,10H,2-5,7,9H2,1H3,(H,16,17). The molecule has 0 saturated carbocycles. The fourth-order valence-corrected chi connectivity index (χ4v) is 2.20. The maximum Gasteiger partial charge on any atom is 0.269 e. The van der Waals surface area contributed by atoms with Crippen LogP contribution in [0.5, 0.6) is 0 Å². The summed E-state index contributed by atoms with van der Waals surface area (Å²) < 4.78 is 0. The maximum absolute atomic E-state index is 11.7. The van der Waals surface area contributed by atoms with E-state index in [4.69, 9.17) is 11.6 Å². The molecule has 0 unspecified atom stereocenters. The second-order valence-electron chi connectivity index (χ2n) is 4.02. The molecule has 100 valence electrons. The van der Waals surface area contributed by atoms with Crippen LogP contribution in [0, 0.1) is 0 Å². The third kappa shape index (κ3) is 6.26. The molecule has 1 aromatic heterocycles. The van der Waals surface area contributed by atoms with Crippen molar-refractivity contribution in [3.05, 3.63) is 29.0 Å². The molecule has 1 rings (SSSR count). The minimum Gasteiger partial charge on any atom is -0.351 e. The lowest BCUT2D eigenvalue weighted by Gasteiger charge is -2.04. The zero-order valence-corrected chi connectivity index (χ0v) is 12.2. The van der Waals surface area contributed by atoms with Gasteiger partial charge in [-0.25, -0.2) is 0 Å². The van der Waals surface area contributed by atoms with E-state index < -0.39 is 0 Å². The van der Waals surface area contributed by atoms with Gasteiger partial charge in [-0.1, -0.05) is 24.4 Å². The molecule has 18 heavy (non-hydrogen) atoms. The van der Waals surface area contributed by atoms with Crippen LogP contribution in [0.1, 0.15) is 36.2 Å². The summed E-state index contributed by atoms with van der Waals surface area (Å²) in [6.45, 7) is 0.701. The molecule has 3 nitrogen and oxygen atoms in total. The summed E-state index contributed by atoms with van der Waals surface area (Å²) in [6, 6.07) is 3.24. The Morgan fingerprint density at radius 3 is 2.89 bits per heavy atom. The van der Waals surface area contributed by atoms with Gasteiger partial charge in [0.1, 0.15) is 5.69 Å². The molecule has 1 heterocycles. The van der Waals surface area contributed by atoms with Crippen molar-refractivity contribution in [3.63, 3.8) is 0 Å². The zero-order valence-electron chi connectivity index (χ0n) is 10.6. The van der Waals surface area contributed by atoms with Crippen LogP contribution in [-0.4, -0.2) is 29.4 Å². The highest BCUT2D eigenvalue weighted by Gasteiger charge is 2.06. The number of hydrogen-bond acceptors (Lipinski definition) is 3. The topological polar surface area (TPSA) is 42.0 Å². The number of thioether (sulfide) groups is 1. The van der Waals surface area contributed by atoms with Crippen LogP contribution in [0.25, 0.3) is 0 Å². The van der Waals surface area contributed by atoms with E-state index in [-0.39, 0.29) is 5.91 Å². The van der Waals surface area contributed by atoms with Crippen molar-refractivity contribution in [2.24, 2.45) is 0 Å². The second-order valence-corrected chi connectivity index (χ2v) is 5.44. The van der Waals surface area contributed by atoms with Gasteiger partial charge in [0.25, 0.3) is 5.91 Å². The number of amides is 1. The number of rotatable bonds is 8. The van der Waals surface area contributed by atoms with Gasteiger partial charge in [-0.15, -0.1) is 0 Å². The third-order valence-electron chi connectivity index (χ3n) is 2.52. The fourth-order valence-electron chi connectivity index (χ4n) is 1.55. The Morgan fingerprint density at radius 2 is 2.17 bits per heavy atom. The Bertz CT molecular complexity index is 374. The van der Waals surface area contributed by atoms with Crippen LogP contribution in [0.2, 0.25) is 5.02 Å². The largest absolute Gasteiger partial charge is 0.351 e. The molecular weight excluding hydrogens is 268 g/mol. The van der Waals surface area contributed by atoms with E-state index in [2.05, 4.69) is 16.6 Å². The van der Waals surface area contributed by atoms with Crippen molar-refractivity contribution in [2.75, 3.05) is 18.6 Å². The second kappa shape index (κ2) is 9.22. The van der Waals surface area contributed by atoms with Gasteiger partial charge < -0.3 is 5.32 Å². The average molecular weight is 287 g/mol. The predicted octanol–water partition coefficient (Wildman–Crippen LogP) is 3.39. The van der Waals surface area contributed by atoms with E-state index >= 15 is 0 Å². The Morgan fingerprint density at radius 1 is 1.39 bits per heavy atom. The van der Waals surface area contributed by atoms with E-state index in [0.717, 1.165) is 12.8 Å². The van der Waals surface area contributed by atoms with Gasteiger partial charge in [0.2, 0.25) is 0 Å². The van der Waals surface area contributed by atoms with E-state index in [0.29, 0.717) is 17.3 Å². The van der Waals surface area contributed by atoms with Gasteiger partial charge >= 0.3 is 0 Å². The third-order valence-corrected chi connectivity index (χ3v) is 3.45. The van der Waals surface area contributed by atoms with Crippen LogP contribution in [-0.2, 0) is 0 Å². The maximum atomic E-state index is 11.7. The molecule has 1 aromatic rings. The summed E-state index contributed by atoms with van der Waals surface area (Å²) in [4.78, 5) is 15.7. The summed E-state index contributed by atoms with van der Waals surface area (Å²) in [5.74, 6) is 1.07. The average Bonchev–Trinajstić information content (AvgIpc) is 2.37. The first-order valence-electron chi connectivity index (χ1n) is 6.12. The highest BCUT2D eigenvalue weighted by atomic mass is 35.5. The summed E-state index contributed by atoms with van der Waals surface area (Å²) in [7, 11) is 0. The molecule has 0 spiro atoms. The van der Waals surface area contributed by atoms with Crippen molar-refractivity contribution in [1.82, 2.24) is 10.3 Å². The molecule has 0 atom stereocenters. The number of carbonyl (C=O) groups is 1. The first-order valence-corrected chi connectivity index (χ1v) is 7.90. The number of nitrogens with one attached hydrogen (secondary N) is 1. The van der Waals surface area contributed by atoms with Gasteiger partial charge in [0.15, 0.2) is 0 Å². The van der Waals surface area contributed by atoms with Crippen molar-refractivity contribution < 1.29 is 4.79 Å². The van der Waals surface area contributed by atoms with Crippen LogP contribution in [0.15, 0.2) is 18.3 Å². The highest BCUT2D eigenvalue weighted by molar-refractivity contribution is 7.98. The number of hydrogen-bond donors (Lipinski definition) is 1. The van der Waals surface area contributed by atoms with Crippen LogP contribution in [0.4, 0.5) is 0 Å². The number of aromatic nitrogens is 1. The smallest absolute Gasteiger partial charge is 0.269 e. The molecule has 0 aliphatic carbocycles. The summed E-state index contributed by atoms with van der Waals surface area (Å²) >= 11 is 7.68. The molecule has 0 bridgehead atoms. The molecule has 5 heteroatoms. The Kier molecular flexibility index (Phi) is 7.85. The van der Waals surface area contributed by atoms with Gasteiger partial charge in [0.05, 0.1) is 0 Å². The minimum atomic E-state index is -0.151. The van der Waals surface area contributed by atoms with Crippen LogP contribution >= 0.6 is 23.4 Å². The van der Waals surface area contributed by atoms with E-state index in [1.165, 1.54) is 18.6 Å². The Labute approximate surface area is 118 Å². The highest BCUT2D eigenvalue weighted by Crippen LogP contribution is 2.08. The van der Waals surface area contributed by atoms with Crippen LogP contribution < -0.4 is 5.32 Å². The van der Waals surface area contributed by atoms with E-state index in [1.54, 1.807) is 18.3 Å². The normalized spacial score (nSPS) is 10.3. The van der Waals surface area contributed by atoms with Crippen molar-refractivity contribution in [1.29, 1.82) is 0 Å². The first kappa shape index (κ1) is 15.3. The molecule has 0 aliphatic rings. The van der Waals surface area contributed by atoms with E-state index in [9.17, 15) is 4.79 Å². The molecule has 1 amide bonds. The lowest BCUT2D eigenvalue weighted by atomic mass is 10.2. The number of carbonyl (C=O) groups excluding carboxylic acids is 1. The Hall–Kier alpha value is -0.740. The minimum absolute atomic E-state index is 0.151.